The van der Waals surface area contributed by atoms with Gasteiger partial charge >= 0.3 is 5.97 Å². The molecule has 0 heterocycles. The van der Waals surface area contributed by atoms with E-state index >= 15 is 0 Å². The van der Waals surface area contributed by atoms with Gasteiger partial charge in [0.2, 0.25) is 0 Å². The van der Waals surface area contributed by atoms with Crippen LogP contribution in [0.4, 0.5) is 10.1 Å². The molecule has 6 nitrogen and oxygen atoms in total. The fourth-order valence-corrected chi connectivity index (χ4v) is 2.01. The average molecular weight is 354 g/mol. The normalized spacial score (nSPS) is 10.2. The molecule has 0 aromatic heterocycles. The molecule has 0 aliphatic heterocycles. The van der Waals surface area contributed by atoms with Crippen LogP contribution in [0.25, 0.3) is 6.08 Å². The molecule has 0 aliphatic rings. The van der Waals surface area contributed by atoms with Gasteiger partial charge in [-0.15, -0.1) is 0 Å². The zero-order valence-corrected chi connectivity index (χ0v) is 13.9. The number of hydrogen-bond donors (Lipinski definition) is 1. The number of hydrogen-bond acceptors (Lipinski definition) is 5. The summed E-state index contributed by atoms with van der Waals surface area (Å²) >= 11 is 0. The first-order valence-electron chi connectivity index (χ1n) is 7.51. The molecule has 0 bridgehead atoms. The minimum absolute atomic E-state index is 0.0963. The summed E-state index contributed by atoms with van der Waals surface area (Å²) < 4.78 is 23.2. The van der Waals surface area contributed by atoms with Gasteiger partial charge in [-0.2, -0.15) is 5.26 Å². The Morgan fingerprint density at radius 3 is 2.73 bits per heavy atom. The smallest absolute Gasteiger partial charge is 0.331 e. The van der Waals surface area contributed by atoms with E-state index in [4.69, 9.17) is 14.7 Å². The van der Waals surface area contributed by atoms with E-state index in [0.29, 0.717) is 16.8 Å². The summed E-state index contributed by atoms with van der Waals surface area (Å²) in [5.41, 5.74) is 1.07. The van der Waals surface area contributed by atoms with Crippen LogP contribution in [0.5, 0.6) is 5.75 Å². The lowest BCUT2D eigenvalue weighted by molar-refractivity contribution is -0.142. The number of carbonyl (C=O) groups excluding carboxylic acids is 2. The van der Waals surface area contributed by atoms with E-state index in [9.17, 15) is 14.0 Å². The molecule has 132 valence electrons. The molecule has 0 radical (unpaired) electrons. The van der Waals surface area contributed by atoms with E-state index in [1.807, 2.05) is 6.07 Å². The molecule has 0 spiro atoms. The second-order valence-electron chi connectivity index (χ2n) is 5.04. The van der Waals surface area contributed by atoms with Crippen molar-refractivity contribution in [3.8, 4) is 11.8 Å². The maximum atomic E-state index is 13.5. The molecule has 2 aromatic rings. The molecular formula is C19H15FN2O4. The highest BCUT2D eigenvalue weighted by atomic mass is 19.1. The molecule has 0 aliphatic carbocycles. The number of carbonyl (C=O) groups is 2. The molecule has 0 atom stereocenters. The Bertz CT molecular complexity index is 887. The van der Waals surface area contributed by atoms with Crippen LogP contribution in [-0.2, 0) is 14.3 Å². The number of ether oxygens (including phenoxy) is 2. The highest BCUT2D eigenvalue weighted by molar-refractivity contribution is 5.95. The summed E-state index contributed by atoms with van der Waals surface area (Å²) in [5.74, 6) is -1.80. The predicted octanol–water partition coefficient (Wildman–Crippen LogP) is 2.90. The molecule has 1 amide bonds. The first kappa shape index (κ1) is 18.7. The Morgan fingerprint density at radius 2 is 2.04 bits per heavy atom. The van der Waals surface area contributed by atoms with E-state index < -0.39 is 24.3 Å². The van der Waals surface area contributed by atoms with Gasteiger partial charge in [-0.1, -0.05) is 18.2 Å². The van der Waals surface area contributed by atoms with Gasteiger partial charge in [0.05, 0.1) is 18.4 Å². The highest BCUT2D eigenvalue weighted by Gasteiger charge is 2.08. The van der Waals surface area contributed by atoms with Gasteiger partial charge in [-0.3, -0.25) is 4.79 Å². The Morgan fingerprint density at radius 1 is 1.27 bits per heavy atom. The van der Waals surface area contributed by atoms with E-state index in [2.05, 4.69) is 5.32 Å². The minimum atomic E-state index is -0.759. The SMILES string of the molecule is COc1ccc(/C=C/C(=O)OCC(=O)Nc2ccccc2C#N)cc1F. The quantitative estimate of drug-likeness (QED) is 0.636. The third kappa shape index (κ3) is 5.18. The lowest BCUT2D eigenvalue weighted by Gasteiger charge is -2.06. The highest BCUT2D eigenvalue weighted by Crippen LogP contribution is 2.18. The number of halogens is 1. The van der Waals surface area contributed by atoms with Crippen molar-refractivity contribution in [1.82, 2.24) is 0 Å². The zero-order valence-electron chi connectivity index (χ0n) is 13.9. The fraction of sp³-hybridized carbons (Fsp3) is 0.105. The van der Waals surface area contributed by atoms with E-state index in [-0.39, 0.29) is 5.75 Å². The topological polar surface area (TPSA) is 88.4 Å². The molecule has 1 N–H and O–H groups in total. The van der Waals surface area contributed by atoms with E-state index in [1.165, 1.54) is 25.3 Å². The number of amides is 1. The van der Waals surface area contributed by atoms with Crippen molar-refractivity contribution in [2.45, 2.75) is 0 Å². The number of rotatable bonds is 6. The molecule has 0 saturated carbocycles. The van der Waals surface area contributed by atoms with Gasteiger partial charge < -0.3 is 14.8 Å². The number of nitriles is 1. The summed E-state index contributed by atoms with van der Waals surface area (Å²) in [6.07, 6.45) is 2.44. The Hall–Kier alpha value is -3.66. The number of nitrogens with one attached hydrogen (secondary N) is 1. The molecule has 2 aromatic carbocycles. The lowest BCUT2D eigenvalue weighted by Crippen LogP contribution is -2.20. The number of methoxy groups -OCH3 is 1. The molecule has 0 saturated heterocycles. The lowest BCUT2D eigenvalue weighted by atomic mass is 10.2. The van der Waals surface area contributed by atoms with E-state index in [0.717, 1.165) is 6.08 Å². The van der Waals surface area contributed by atoms with Crippen LogP contribution in [-0.4, -0.2) is 25.6 Å². The first-order chi connectivity index (χ1) is 12.5. The summed E-state index contributed by atoms with van der Waals surface area (Å²) in [4.78, 5) is 23.4. The Labute approximate surface area is 149 Å². The Kier molecular flexibility index (Phi) is 6.46. The monoisotopic (exact) mass is 354 g/mol. The van der Waals surface area contributed by atoms with Crippen molar-refractivity contribution in [2.24, 2.45) is 0 Å². The number of esters is 1. The van der Waals surface area contributed by atoms with Crippen LogP contribution in [0.3, 0.4) is 0 Å². The van der Waals surface area contributed by atoms with Gasteiger partial charge in [0, 0.05) is 6.08 Å². The molecule has 26 heavy (non-hydrogen) atoms. The summed E-state index contributed by atoms with van der Waals surface area (Å²) in [5, 5.41) is 11.4. The van der Waals surface area contributed by atoms with Crippen LogP contribution >= 0.6 is 0 Å². The average Bonchev–Trinajstić information content (AvgIpc) is 2.65. The van der Waals surface area contributed by atoms with E-state index in [1.54, 1.807) is 30.3 Å². The van der Waals surface area contributed by atoms with Gasteiger partial charge in [-0.05, 0) is 35.9 Å². The largest absolute Gasteiger partial charge is 0.494 e. The third-order valence-corrected chi connectivity index (χ3v) is 3.25. The van der Waals surface area contributed by atoms with Crippen molar-refractivity contribution in [2.75, 3.05) is 19.0 Å². The summed E-state index contributed by atoms with van der Waals surface area (Å²) in [7, 11) is 1.35. The molecule has 0 fully saturated rings. The van der Waals surface area contributed by atoms with Gasteiger partial charge in [-0.25, -0.2) is 9.18 Å². The third-order valence-electron chi connectivity index (χ3n) is 3.25. The van der Waals surface area contributed by atoms with Gasteiger partial charge in [0.25, 0.3) is 5.91 Å². The number of nitrogens with zero attached hydrogens (tertiary/aromatic N) is 1. The van der Waals surface area contributed by atoms with Crippen LogP contribution in [0.1, 0.15) is 11.1 Å². The van der Waals surface area contributed by atoms with Crippen LogP contribution in [0, 0.1) is 17.1 Å². The molecular weight excluding hydrogens is 339 g/mol. The summed E-state index contributed by atoms with van der Waals surface area (Å²) in [6, 6.07) is 12.6. The number of benzene rings is 2. The molecule has 0 unspecified atom stereocenters. The van der Waals surface area contributed by atoms with Crippen molar-refractivity contribution in [1.29, 1.82) is 5.26 Å². The Balaban J connectivity index is 1.87. The fourth-order valence-electron chi connectivity index (χ4n) is 2.01. The minimum Gasteiger partial charge on any atom is -0.494 e. The number of anilines is 1. The second-order valence-corrected chi connectivity index (χ2v) is 5.04. The molecule has 7 heteroatoms. The molecule has 2 rings (SSSR count). The number of para-hydroxylation sites is 1. The van der Waals surface area contributed by atoms with Crippen LogP contribution < -0.4 is 10.1 Å². The van der Waals surface area contributed by atoms with Crippen molar-refractivity contribution in [3.05, 3.63) is 65.5 Å². The maximum Gasteiger partial charge on any atom is 0.331 e. The zero-order chi connectivity index (χ0) is 18.9. The van der Waals surface area contributed by atoms with Crippen molar-refractivity contribution in [3.63, 3.8) is 0 Å². The van der Waals surface area contributed by atoms with Crippen LogP contribution in [0.2, 0.25) is 0 Å². The first-order valence-corrected chi connectivity index (χ1v) is 7.51. The summed E-state index contributed by atoms with van der Waals surface area (Å²) in [6.45, 7) is -0.514. The van der Waals surface area contributed by atoms with Crippen molar-refractivity contribution >= 4 is 23.6 Å². The second kappa shape index (κ2) is 8.99. The van der Waals surface area contributed by atoms with Gasteiger partial charge in [0.1, 0.15) is 6.07 Å². The van der Waals surface area contributed by atoms with Gasteiger partial charge in [0.15, 0.2) is 18.2 Å². The van der Waals surface area contributed by atoms with Crippen LogP contribution in [0.15, 0.2) is 48.5 Å². The standard InChI is InChI=1S/C19H15FN2O4/c1-25-17-8-6-13(10-15(17)20)7-9-19(24)26-12-18(23)22-16-5-3-2-4-14(16)11-21/h2-10H,12H2,1H3,(H,22,23)/b9-7+. The van der Waals surface area contributed by atoms with Crippen molar-refractivity contribution < 1.29 is 23.5 Å². The maximum absolute atomic E-state index is 13.5. The predicted molar refractivity (Wildman–Crippen MR) is 92.7 cm³/mol.